The normalized spacial score (nSPS) is 12.2. The molecule has 0 bridgehead atoms. The summed E-state index contributed by atoms with van der Waals surface area (Å²) in [7, 11) is 0. The Morgan fingerprint density at radius 1 is 1.15 bits per heavy atom. The Bertz CT molecular complexity index is 615. The second kappa shape index (κ2) is 6.81. The van der Waals surface area contributed by atoms with Crippen molar-refractivity contribution in [2.24, 2.45) is 0 Å². The molecule has 1 N–H and O–H groups in total. The van der Waals surface area contributed by atoms with Gasteiger partial charge < -0.3 is 9.84 Å². The van der Waals surface area contributed by atoms with Crippen LogP contribution in [0.4, 0.5) is 0 Å². The van der Waals surface area contributed by atoms with Gasteiger partial charge in [0.2, 0.25) is 0 Å². The molecule has 2 aromatic rings. The standard InChI is InChI=1S/C15H13BrCl2O2/c1-9(19)10-3-5-15(14(18)6-10)20-8-11-2-4-12(16)7-13(11)17/h2-7,9,19H,8H2,1H3. The number of ether oxygens (including phenoxy) is 1. The lowest BCUT2D eigenvalue weighted by Crippen LogP contribution is -1.98. The van der Waals surface area contributed by atoms with E-state index < -0.39 is 6.10 Å². The molecule has 2 aromatic carbocycles. The zero-order valence-electron chi connectivity index (χ0n) is 10.7. The summed E-state index contributed by atoms with van der Waals surface area (Å²) in [5, 5.41) is 10.6. The first kappa shape index (κ1) is 15.6. The highest BCUT2D eigenvalue weighted by atomic mass is 79.9. The minimum Gasteiger partial charge on any atom is -0.487 e. The van der Waals surface area contributed by atoms with Crippen molar-refractivity contribution in [3.8, 4) is 5.75 Å². The van der Waals surface area contributed by atoms with Gasteiger partial charge in [-0.2, -0.15) is 0 Å². The van der Waals surface area contributed by atoms with Crippen molar-refractivity contribution < 1.29 is 9.84 Å². The Morgan fingerprint density at radius 3 is 2.50 bits per heavy atom. The smallest absolute Gasteiger partial charge is 0.138 e. The average Bonchev–Trinajstić information content (AvgIpc) is 2.38. The zero-order valence-corrected chi connectivity index (χ0v) is 13.8. The minimum absolute atomic E-state index is 0.333. The lowest BCUT2D eigenvalue weighted by Gasteiger charge is -2.11. The monoisotopic (exact) mass is 374 g/mol. The van der Waals surface area contributed by atoms with Crippen LogP contribution in [0.3, 0.4) is 0 Å². The van der Waals surface area contributed by atoms with Crippen molar-refractivity contribution in [3.05, 3.63) is 62.0 Å². The van der Waals surface area contributed by atoms with Gasteiger partial charge in [-0.1, -0.05) is 51.3 Å². The van der Waals surface area contributed by atoms with E-state index in [2.05, 4.69) is 15.9 Å². The lowest BCUT2D eigenvalue weighted by atomic mass is 10.1. The summed E-state index contributed by atoms with van der Waals surface area (Å²) in [5.74, 6) is 0.565. The Labute approximate surface area is 136 Å². The second-order valence-electron chi connectivity index (χ2n) is 4.39. The van der Waals surface area contributed by atoms with E-state index in [0.29, 0.717) is 22.4 Å². The SMILES string of the molecule is CC(O)c1ccc(OCc2ccc(Br)cc2Cl)c(Cl)c1. The van der Waals surface area contributed by atoms with Crippen LogP contribution in [-0.2, 0) is 6.61 Å². The fraction of sp³-hybridized carbons (Fsp3) is 0.200. The molecule has 0 aliphatic rings. The Hall–Kier alpha value is -0.740. The van der Waals surface area contributed by atoms with Crippen LogP contribution in [0.15, 0.2) is 40.9 Å². The van der Waals surface area contributed by atoms with Gasteiger partial charge in [0.25, 0.3) is 0 Å². The summed E-state index contributed by atoms with van der Waals surface area (Å²) in [6.45, 7) is 2.02. The molecule has 0 radical (unpaired) electrons. The van der Waals surface area contributed by atoms with E-state index in [1.54, 1.807) is 25.1 Å². The van der Waals surface area contributed by atoms with Crippen molar-refractivity contribution in [2.75, 3.05) is 0 Å². The molecule has 1 atom stereocenters. The highest BCUT2D eigenvalue weighted by Gasteiger charge is 2.08. The van der Waals surface area contributed by atoms with Crippen LogP contribution < -0.4 is 4.74 Å². The number of halogens is 3. The third-order valence-corrected chi connectivity index (χ3v) is 3.98. The number of aliphatic hydroxyl groups is 1. The average molecular weight is 376 g/mol. The first-order valence-electron chi connectivity index (χ1n) is 6.01. The van der Waals surface area contributed by atoms with Gasteiger partial charge in [0.1, 0.15) is 12.4 Å². The van der Waals surface area contributed by atoms with Gasteiger partial charge in [-0.25, -0.2) is 0 Å². The van der Waals surface area contributed by atoms with Crippen LogP contribution >= 0.6 is 39.1 Å². The maximum absolute atomic E-state index is 9.49. The predicted octanol–water partition coefficient (Wildman–Crippen LogP) is 5.39. The molecule has 0 saturated heterocycles. The van der Waals surface area contributed by atoms with Gasteiger partial charge in [0.15, 0.2) is 0 Å². The zero-order chi connectivity index (χ0) is 14.7. The molecular weight excluding hydrogens is 363 g/mol. The Balaban J connectivity index is 2.11. The van der Waals surface area contributed by atoms with Crippen molar-refractivity contribution in [1.82, 2.24) is 0 Å². The lowest BCUT2D eigenvalue weighted by molar-refractivity contribution is 0.199. The van der Waals surface area contributed by atoms with Crippen LogP contribution in [0.5, 0.6) is 5.75 Å². The number of benzene rings is 2. The van der Waals surface area contributed by atoms with Gasteiger partial charge in [-0.15, -0.1) is 0 Å². The molecule has 0 spiro atoms. The van der Waals surface area contributed by atoms with Crippen molar-refractivity contribution in [3.63, 3.8) is 0 Å². The molecule has 5 heteroatoms. The quantitative estimate of drug-likeness (QED) is 0.776. The molecule has 2 nitrogen and oxygen atoms in total. The molecule has 0 amide bonds. The molecule has 0 saturated carbocycles. The van der Waals surface area contributed by atoms with Gasteiger partial charge in [0, 0.05) is 15.1 Å². The fourth-order valence-electron chi connectivity index (χ4n) is 1.69. The molecule has 0 aromatic heterocycles. The van der Waals surface area contributed by atoms with Gasteiger partial charge >= 0.3 is 0 Å². The van der Waals surface area contributed by atoms with Gasteiger partial charge in [-0.3, -0.25) is 0 Å². The third-order valence-electron chi connectivity index (χ3n) is 2.84. The van der Waals surface area contributed by atoms with Crippen molar-refractivity contribution in [1.29, 1.82) is 0 Å². The van der Waals surface area contributed by atoms with E-state index in [9.17, 15) is 5.11 Å². The van der Waals surface area contributed by atoms with Gasteiger partial charge in [-0.05, 0) is 36.8 Å². The first-order chi connectivity index (χ1) is 9.47. The van der Waals surface area contributed by atoms with Crippen LogP contribution in [0.1, 0.15) is 24.2 Å². The van der Waals surface area contributed by atoms with E-state index in [4.69, 9.17) is 27.9 Å². The van der Waals surface area contributed by atoms with E-state index in [0.717, 1.165) is 15.6 Å². The van der Waals surface area contributed by atoms with Gasteiger partial charge in [0.05, 0.1) is 11.1 Å². The fourth-order valence-corrected chi connectivity index (χ4v) is 2.66. The van der Waals surface area contributed by atoms with E-state index in [-0.39, 0.29) is 0 Å². The molecule has 0 aliphatic carbocycles. The Morgan fingerprint density at radius 2 is 1.90 bits per heavy atom. The molecule has 0 fully saturated rings. The highest BCUT2D eigenvalue weighted by molar-refractivity contribution is 9.10. The molecule has 1 unspecified atom stereocenters. The third kappa shape index (κ3) is 3.89. The summed E-state index contributed by atoms with van der Waals surface area (Å²) in [6.07, 6.45) is -0.553. The number of hydrogen-bond donors (Lipinski definition) is 1. The van der Waals surface area contributed by atoms with Crippen LogP contribution in [-0.4, -0.2) is 5.11 Å². The first-order valence-corrected chi connectivity index (χ1v) is 7.56. The van der Waals surface area contributed by atoms with E-state index >= 15 is 0 Å². The topological polar surface area (TPSA) is 29.5 Å². The summed E-state index contributed by atoms with van der Waals surface area (Å²) >= 11 is 15.6. The molecule has 0 aliphatic heterocycles. The summed E-state index contributed by atoms with van der Waals surface area (Å²) in [5.41, 5.74) is 1.63. The highest BCUT2D eigenvalue weighted by Crippen LogP contribution is 2.29. The summed E-state index contributed by atoms with van der Waals surface area (Å²) in [6, 6.07) is 10.8. The number of rotatable bonds is 4. The summed E-state index contributed by atoms with van der Waals surface area (Å²) in [4.78, 5) is 0. The maximum atomic E-state index is 9.49. The summed E-state index contributed by atoms with van der Waals surface area (Å²) < 4.78 is 6.59. The Kier molecular flexibility index (Phi) is 5.33. The maximum Gasteiger partial charge on any atom is 0.138 e. The van der Waals surface area contributed by atoms with Crippen molar-refractivity contribution in [2.45, 2.75) is 19.6 Å². The van der Waals surface area contributed by atoms with Crippen LogP contribution in [0.2, 0.25) is 10.0 Å². The number of aliphatic hydroxyl groups excluding tert-OH is 1. The van der Waals surface area contributed by atoms with Crippen LogP contribution in [0, 0.1) is 0 Å². The van der Waals surface area contributed by atoms with Crippen LogP contribution in [0.25, 0.3) is 0 Å². The molecule has 0 heterocycles. The second-order valence-corrected chi connectivity index (χ2v) is 6.12. The van der Waals surface area contributed by atoms with Crippen molar-refractivity contribution >= 4 is 39.1 Å². The molecule has 2 rings (SSSR count). The molecule has 106 valence electrons. The molecule has 20 heavy (non-hydrogen) atoms. The predicted molar refractivity (Wildman–Crippen MR) is 85.6 cm³/mol. The van der Waals surface area contributed by atoms with E-state index in [1.807, 2.05) is 18.2 Å². The number of hydrogen-bond acceptors (Lipinski definition) is 2. The molecular formula is C15H13BrCl2O2. The van der Waals surface area contributed by atoms with E-state index in [1.165, 1.54) is 0 Å². The minimum atomic E-state index is -0.553. The largest absolute Gasteiger partial charge is 0.487 e.